The van der Waals surface area contributed by atoms with E-state index in [9.17, 15) is 4.79 Å². The van der Waals surface area contributed by atoms with Gasteiger partial charge in [-0.2, -0.15) is 0 Å². The van der Waals surface area contributed by atoms with E-state index in [0.717, 1.165) is 11.8 Å². The zero-order chi connectivity index (χ0) is 10.2. The number of hydrogen-bond donors (Lipinski definition) is 0. The average molecular weight is 259 g/mol. The molecule has 0 aliphatic carbocycles. The smallest absolute Gasteiger partial charge is 0.434 e. The second-order valence-electron chi connectivity index (χ2n) is 2.56. The lowest BCUT2D eigenvalue weighted by atomic mass is 10.3. The summed E-state index contributed by atoms with van der Waals surface area (Å²) in [7, 11) is 0. The normalized spacial score (nSPS) is 9.50. The molecule has 0 bridgehead atoms. The third kappa shape index (κ3) is 4.28. The molecule has 0 N–H and O–H groups in total. The van der Waals surface area contributed by atoms with Crippen molar-refractivity contribution in [3.8, 4) is 5.75 Å². The molecule has 0 aromatic heterocycles. The van der Waals surface area contributed by atoms with Gasteiger partial charge in [0.2, 0.25) is 0 Å². The van der Waals surface area contributed by atoms with Crippen LogP contribution in [-0.4, -0.2) is 18.1 Å². The van der Waals surface area contributed by atoms with E-state index in [0.29, 0.717) is 12.4 Å². The van der Waals surface area contributed by atoms with Crippen LogP contribution in [0.25, 0.3) is 0 Å². The van der Waals surface area contributed by atoms with Crippen LogP contribution in [0.5, 0.6) is 5.75 Å². The first kappa shape index (κ1) is 11.0. The van der Waals surface area contributed by atoms with Crippen molar-refractivity contribution in [3.05, 3.63) is 30.3 Å². The molecule has 0 spiro atoms. The molecule has 0 atom stereocenters. The lowest BCUT2D eigenvalue weighted by Gasteiger charge is -2.04. The SMILES string of the molecule is O=C(OCCCBr)Oc1ccccc1. The second-order valence-corrected chi connectivity index (χ2v) is 3.35. The van der Waals surface area contributed by atoms with Gasteiger partial charge in [0.25, 0.3) is 0 Å². The van der Waals surface area contributed by atoms with Crippen LogP contribution in [-0.2, 0) is 4.74 Å². The minimum Gasteiger partial charge on any atom is -0.434 e. The summed E-state index contributed by atoms with van der Waals surface area (Å²) in [6.07, 6.45) is 0.126. The zero-order valence-corrected chi connectivity index (χ0v) is 9.20. The summed E-state index contributed by atoms with van der Waals surface area (Å²) >= 11 is 3.23. The van der Waals surface area contributed by atoms with Crippen LogP contribution in [0.3, 0.4) is 0 Å². The number of benzene rings is 1. The fourth-order valence-electron chi connectivity index (χ4n) is 0.824. The Bertz CT molecular complexity index is 274. The third-order valence-corrected chi connectivity index (χ3v) is 2.00. The molecule has 1 rings (SSSR count). The van der Waals surface area contributed by atoms with Crippen molar-refractivity contribution >= 4 is 22.1 Å². The summed E-state index contributed by atoms with van der Waals surface area (Å²) in [4.78, 5) is 11.0. The van der Waals surface area contributed by atoms with E-state index < -0.39 is 6.16 Å². The maximum Gasteiger partial charge on any atom is 0.513 e. The van der Waals surface area contributed by atoms with E-state index in [-0.39, 0.29) is 0 Å². The van der Waals surface area contributed by atoms with Crippen LogP contribution in [0.4, 0.5) is 4.79 Å². The highest BCUT2D eigenvalue weighted by Crippen LogP contribution is 2.09. The highest BCUT2D eigenvalue weighted by Gasteiger charge is 2.03. The van der Waals surface area contributed by atoms with Crippen molar-refractivity contribution in [1.29, 1.82) is 0 Å². The highest BCUT2D eigenvalue weighted by atomic mass is 79.9. The number of carbonyl (C=O) groups is 1. The molecular weight excluding hydrogens is 248 g/mol. The number of hydrogen-bond acceptors (Lipinski definition) is 3. The van der Waals surface area contributed by atoms with Crippen molar-refractivity contribution in [1.82, 2.24) is 0 Å². The molecular formula is C10H11BrO3. The van der Waals surface area contributed by atoms with Gasteiger partial charge in [0.05, 0.1) is 6.61 Å². The monoisotopic (exact) mass is 258 g/mol. The van der Waals surface area contributed by atoms with Crippen LogP contribution < -0.4 is 4.74 Å². The molecule has 0 aliphatic rings. The summed E-state index contributed by atoms with van der Waals surface area (Å²) in [6, 6.07) is 8.84. The minimum absolute atomic E-state index is 0.372. The Morgan fingerprint density at radius 1 is 1.29 bits per heavy atom. The van der Waals surface area contributed by atoms with Crippen LogP contribution in [0.2, 0.25) is 0 Å². The van der Waals surface area contributed by atoms with Crippen molar-refractivity contribution in [2.75, 3.05) is 11.9 Å². The molecule has 0 fully saturated rings. The number of ether oxygens (including phenoxy) is 2. The molecule has 4 heteroatoms. The molecule has 0 saturated heterocycles. The van der Waals surface area contributed by atoms with Gasteiger partial charge >= 0.3 is 6.16 Å². The number of carbonyl (C=O) groups excluding carboxylic acids is 1. The fourth-order valence-corrected chi connectivity index (χ4v) is 1.05. The average Bonchev–Trinajstić information content (AvgIpc) is 2.20. The number of alkyl halides is 1. The summed E-state index contributed by atoms with van der Waals surface area (Å²) in [5.41, 5.74) is 0. The van der Waals surface area contributed by atoms with Gasteiger partial charge in [-0.05, 0) is 18.6 Å². The van der Waals surface area contributed by atoms with Gasteiger partial charge in [-0.1, -0.05) is 34.1 Å². The Morgan fingerprint density at radius 2 is 2.00 bits per heavy atom. The van der Waals surface area contributed by atoms with Crippen LogP contribution in [0.1, 0.15) is 6.42 Å². The second kappa shape index (κ2) is 6.43. The molecule has 1 aromatic rings. The molecule has 0 heterocycles. The summed E-state index contributed by atoms with van der Waals surface area (Å²) < 4.78 is 9.68. The van der Waals surface area contributed by atoms with E-state index in [4.69, 9.17) is 9.47 Å². The van der Waals surface area contributed by atoms with Crippen molar-refractivity contribution in [2.24, 2.45) is 0 Å². The van der Waals surface area contributed by atoms with E-state index in [1.807, 2.05) is 6.07 Å². The van der Waals surface area contributed by atoms with Gasteiger partial charge in [0.1, 0.15) is 5.75 Å². The first-order valence-electron chi connectivity index (χ1n) is 4.28. The number of halogens is 1. The third-order valence-electron chi connectivity index (χ3n) is 1.44. The minimum atomic E-state index is -0.655. The number of rotatable bonds is 4. The molecule has 1 aromatic carbocycles. The maximum absolute atomic E-state index is 11.0. The molecule has 0 amide bonds. The zero-order valence-electron chi connectivity index (χ0n) is 7.61. The first-order chi connectivity index (χ1) is 6.83. The van der Waals surface area contributed by atoms with E-state index in [1.165, 1.54) is 0 Å². The Hall–Kier alpha value is -1.03. The van der Waals surface area contributed by atoms with Gasteiger partial charge in [-0.25, -0.2) is 4.79 Å². The highest BCUT2D eigenvalue weighted by molar-refractivity contribution is 9.09. The fraction of sp³-hybridized carbons (Fsp3) is 0.300. The van der Waals surface area contributed by atoms with Gasteiger partial charge in [-0.15, -0.1) is 0 Å². The first-order valence-corrected chi connectivity index (χ1v) is 5.40. The van der Waals surface area contributed by atoms with E-state index in [2.05, 4.69) is 15.9 Å². The molecule has 0 unspecified atom stereocenters. The van der Waals surface area contributed by atoms with Gasteiger partial charge in [0.15, 0.2) is 0 Å². The largest absolute Gasteiger partial charge is 0.513 e. The van der Waals surface area contributed by atoms with Crippen molar-refractivity contribution in [2.45, 2.75) is 6.42 Å². The van der Waals surface area contributed by atoms with Gasteiger partial charge in [0, 0.05) is 5.33 Å². The maximum atomic E-state index is 11.0. The lowest BCUT2D eigenvalue weighted by Crippen LogP contribution is -2.11. The molecule has 0 radical (unpaired) electrons. The molecule has 3 nitrogen and oxygen atoms in total. The van der Waals surface area contributed by atoms with Crippen LogP contribution >= 0.6 is 15.9 Å². The summed E-state index contributed by atoms with van der Waals surface area (Å²) in [5.74, 6) is 0.497. The predicted molar refractivity (Wildman–Crippen MR) is 56.8 cm³/mol. The lowest BCUT2D eigenvalue weighted by molar-refractivity contribution is 0.0995. The van der Waals surface area contributed by atoms with Crippen LogP contribution in [0, 0.1) is 0 Å². The molecule has 14 heavy (non-hydrogen) atoms. The summed E-state index contributed by atoms with van der Waals surface area (Å²) in [5, 5.41) is 0.811. The van der Waals surface area contributed by atoms with E-state index >= 15 is 0 Å². The van der Waals surface area contributed by atoms with Crippen LogP contribution in [0.15, 0.2) is 30.3 Å². The van der Waals surface area contributed by atoms with Gasteiger partial charge in [-0.3, -0.25) is 0 Å². The summed E-state index contributed by atoms with van der Waals surface area (Å²) in [6.45, 7) is 0.372. The Balaban J connectivity index is 2.27. The quantitative estimate of drug-likeness (QED) is 0.361. The predicted octanol–water partition coefficient (Wildman–Crippen LogP) is 2.99. The van der Waals surface area contributed by atoms with E-state index in [1.54, 1.807) is 24.3 Å². The topological polar surface area (TPSA) is 35.5 Å². The Morgan fingerprint density at radius 3 is 2.64 bits per heavy atom. The molecule has 0 aliphatic heterocycles. The molecule has 76 valence electrons. The van der Waals surface area contributed by atoms with Gasteiger partial charge < -0.3 is 9.47 Å². The van der Waals surface area contributed by atoms with Crippen molar-refractivity contribution < 1.29 is 14.3 Å². The van der Waals surface area contributed by atoms with Crippen molar-refractivity contribution in [3.63, 3.8) is 0 Å². The Labute approximate surface area is 91.1 Å². The standard InChI is InChI=1S/C10H11BrO3/c11-7-4-8-13-10(12)14-9-5-2-1-3-6-9/h1-3,5-6H,4,7-8H2. The Kier molecular flexibility index (Phi) is 5.07. The number of para-hydroxylation sites is 1. The molecule has 0 saturated carbocycles.